The fraction of sp³-hybridized carbons (Fsp3) is 0.562. The van der Waals surface area contributed by atoms with Crippen LogP contribution in [0.2, 0.25) is 0 Å². The molecule has 1 saturated heterocycles. The van der Waals surface area contributed by atoms with Gasteiger partial charge in [0.05, 0.1) is 6.42 Å². The molecule has 2 aromatic rings. The molecule has 9 nitrogen and oxygen atoms in total. The zero-order valence-corrected chi connectivity index (χ0v) is 14.2. The molecule has 0 spiro atoms. The van der Waals surface area contributed by atoms with E-state index in [1.165, 1.54) is 0 Å². The highest BCUT2D eigenvalue weighted by Gasteiger charge is 2.32. The van der Waals surface area contributed by atoms with Crippen molar-refractivity contribution in [2.45, 2.75) is 51.5 Å². The van der Waals surface area contributed by atoms with Gasteiger partial charge in [0.15, 0.2) is 5.82 Å². The van der Waals surface area contributed by atoms with Gasteiger partial charge in [-0.25, -0.2) is 0 Å². The lowest BCUT2D eigenvalue weighted by atomic mass is 10.0. The van der Waals surface area contributed by atoms with Crippen LogP contribution in [0.1, 0.15) is 62.3 Å². The van der Waals surface area contributed by atoms with E-state index in [9.17, 15) is 14.4 Å². The van der Waals surface area contributed by atoms with E-state index in [-0.39, 0.29) is 29.9 Å². The lowest BCUT2D eigenvalue weighted by Gasteiger charge is -2.33. The maximum atomic E-state index is 12.7. The van der Waals surface area contributed by atoms with Crippen LogP contribution in [0.4, 0.5) is 0 Å². The molecule has 0 bridgehead atoms. The second-order valence-corrected chi connectivity index (χ2v) is 6.53. The highest BCUT2D eigenvalue weighted by Crippen LogP contribution is 2.31. The van der Waals surface area contributed by atoms with Gasteiger partial charge < -0.3 is 9.42 Å². The van der Waals surface area contributed by atoms with Gasteiger partial charge in [0.2, 0.25) is 11.8 Å². The number of H-pyrrole nitrogens is 2. The molecule has 0 aliphatic carbocycles. The van der Waals surface area contributed by atoms with Gasteiger partial charge in [-0.05, 0) is 19.3 Å². The van der Waals surface area contributed by atoms with Gasteiger partial charge in [-0.3, -0.25) is 24.6 Å². The number of nitrogens with zero attached hydrogens (tertiary/aromatic N) is 3. The molecule has 0 aromatic carbocycles. The van der Waals surface area contributed by atoms with Crippen LogP contribution >= 0.6 is 0 Å². The van der Waals surface area contributed by atoms with Crippen molar-refractivity contribution in [3.8, 4) is 0 Å². The number of piperidine rings is 1. The van der Waals surface area contributed by atoms with Crippen LogP contribution in [-0.2, 0) is 11.2 Å². The average molecular weight is 347 g/mol. The topological polar surface area (TPSA) is 125 Å². The van der Waals surface area contributed by atoms with Gasteiger partial charge in [0, 0.05) is 24.1 Å². The Labute approximate surface area is 143 Å². The molecule has 2 aromatic heterocycles. The van der Waals surface area contributed by atoms with Crippen molar-refractivity contribution in [1.29, 1.82) is 0 Å². The van der Waals surface area contributed by atoms with Crippen molar-refractivity contribution in [2.24, 2.45) is 0 Å². The Morgan fingerprint density at radius 3 is 2.88 bits per heavy atom. The zero-order valence-electron chi connectivity index (χ0n) is 14.2. The van der Waals surface area contributed by atoms with Crippen LogP contribution in [-0.4, -0.2) is 37.7 Å². The number of carbonyl (C=O) groups is 1. The molecule has 1 aliphatic heterocycles. The Morgan fingerprint density at radius 1 is 1.36 bits per heavy atom. The molecular formula is C16H21N5O4. The number of amides is 1. The highest BCUT2D eigenvalue weighted by molar-refractivity contribution is 5.79. The molecular weight excluding hydrogens is 326 g/mol. The summed E-state index contributed by atoms with van der Waals surface area (Å²) in [7, 11) is 0. The van der Waals surface area contributed by atoms with Crippen molar-refractivity contribution in [3.63, 3.8) is 0 Å². The van der Waals surface area contributed by atoms with Crippen molar-refractivity contribution >= 4 is 5.91 Å². The molecule has 3 heterocycles. The summed E-state index contributed by atoms with van der Waals surface area (Å²) >= 11 is 0. The summed E-state index contributed by atoms with van der Waals surface area (Å²) in [6, 6.07) is 0.863. The van der Waals surface area contributed by atoms with E-state index in [4.69, 9.17) is 4.52 Å². The first kappa shape index (κ1) is 17.1. The third kappa shape index (κ3) is 3.70. The first-order chi connectivity index (χ1) is 12.0. The summed E-state index contributed by atoms with van der Waals surface area (Å²) in [4.78, 5) is 42.0. The van der Waals surface area contributed by atoms with E-state index >= 15 is 0 Å². The third-order valence-electron chi connectivity index (χ3n) is 4.32. The third-order valence-corrected chi connectivity index (χ3v) is 4.32. The van der Waals surface area contributed by atoms with Gasteiger partial charge in [0.1, 0.15) is 6.04 Å². The molecule has 25 heavy (non-hydrogen) atoms. The van der Waals surface area contributed by atoms with Gasteiger partial charge in [0.25, 0.3) is 11.1 Å². The predicted octanol–water partition coefficient (Wildman–Crippen LogP) is 0.866. The van der Waals surface area contributed by atoms with Crippen molar-refractivity contribution in [2.75, 3.05) is 6.54 Å². The minimum absolute atomic E-state index is 0.138. The molecule has 0 radical (unpaired) electrons. The smallest absolute Gasteiger partial charge is 0.266 e. The van der Waals surface area contributed by atoms with Crippen LogP contribution in [0.25, 0.3) is 0 Å². The summed E-state index contributed by atoms with van der Waals surface area (Å²) in [6.07, 6.45) is 2.43. The van der Waals surface area contributed by atoms with Gasteiger partial charge in [-0.2, -0.15) is 4.98 Å². The molecule has 1 unspecified atom stereocenters. The monoisotopic (exact) mass is 347 g/mol. The molecule has 1 fully saturated rings. The standard InChI is InChI=1S/C16H21N5O4/c1-9(2)14-17-16(25-20-14)11-5-3-4-6-21(11)13(23)8-10-7-12(22)18-19-15(10)24/h7,9,11H,3-6,8H2,1-2H3,(H,18,22)(H,19,24). The molecule has 1 aliphatic rings. The normalized spacial score (nSPS) is 17.9. The molecule has 0 saturated carbocycles. The summed E-state index contributed by atoms with van der Waals surface area (Å²) in [5.74, 6) is 0.945. The van der Waals surface area contributed by atoms with E-state index in [0.29, 0.717) is 18.3 Å². The predicted molar refractivity (Wildman–Crippen MR) is 88.1 cm³/mol. The molecule has 1 amide bonds. The minimum Gasteiger partial charge on any atom is -0.337 e. The van der Waals surface area contributed by atoms with Crippen LogP contribution in [0.15, 0.2) is 20.2 Å². The van der Waals surface area contributed by atoms with Crippen molar-refractivity contribution in [1.82, 2.24) is 25.2 Å². The van der Waals surface area contributed by atoms with E-state index in [1.807, 2.05) is 13.8 Å². The Morgan fingerprint density at radius 2 is 2.16 bits per heavy atom. The van der Waals surface area contributed by atoms with Crippen LogP contribution in [0.5, 0.6) is 0 Å². The van der Waals surface area contributed by atoms with Crippen LogP contribution in [0, 0.1) is 0 Å². The molecule has 134 valence electrons. The average Bonchev–Trinajstić information content (AvgIpc) is 3.08. The second kappa shape index (κ2) is 7.04. The number of hydrogen-bond donors (Lipinski definition) is 2. The zero-order chi connectivity index (χ0) is 18.0. The Balaban J connectivity index is 1.82. The summed E-state index contributed by atoms with van der Waals surface area (Å²) in [5, 5.41) is 8.39. The number of carbonyl (C=O) groups excluding carboxylic acids is 1. The molecule has 9 heteroatoms. The van der Waals surface area contributed by atoms with Gasteiger partial charge in [-0.15, -0.1) is 0 Å². The van der Waals surface area contributed by atoms with E-state index in [2.05, 4.69) is 20.3 Å². The largest absolute Gasteiger partial charge is 0.337 e. The molecule has 2 N–H and O–H groups in total. The maximum absolute atomic E-state index is 12.7. The number of hydrogen-bond acceptors (Lipinski definition) is 6. The van der Waals surface area contributed by atoms with Crippen LogP contribution < -0.4 is 11.1 Å². The van der Waals surface area contributed by atoms with E-state index in [1.54, 1.807) is 4.90 Å². The molecule has 1 atom stereocenters. The second-order valence-electron chi connectivity index (χ2n) is 6.53. The van der Waals surface area contributed by atoms with Gasteiger partial charge in [-0.1, -0.05) is 19.0 Å². The fourth-order valence-corrected chi connectivity index (χ4v) is 2.96. The summed E-state index contributed by atoms with van der Waals surface area (Å²) in [6.45, 7) is 4.50. The number of aromatic nitrogens is 4. The SMILES string of the molecule is CC(C)c1noc(C2CCCCN2C(=O)Cc2cc(=O)[nH][nH]c2=O)n1. The van der Waals surface area contributed by atoms with E-state index in [0.717, 1.165) is 25.3 Å². The minimum atomic E-state index is -0.471. The summed E-state index contributed by atoms with van der Waals surface area (Å²) in [5.41, 5.74) is -0.774. The summed E-state index contributed by atoms with van der Waals surface area (Å²) < 4.78 is 5.36. The Hall–Kier alpha value is -2.71. The Bertz CT molecular complexity index is 866. The number of nitrogens with one attached hydrogen (secondary N) is 2. The fourth-order valence-electron chi connectivity index (χ4n) is 2.96. The van der Waals surface area contributed by atoms with E-state index < -0.39 is 11.1 Å². The van der Waals surface area contributed by atoms with Gasteiger partial charge >= 0.3 is 0 Å². The van der Waals surface area contributed by atoms with Crippen molar-refractivity contribution in [3.05, 3.63) is 44.1 Å². The maximum Gasteiger partial charge on any atom is 0.266 e. The number of aromatic amines is 2. The lowest BCUT2D eigenvalue weighted by molar-refractivity contribution is -0.135. The van der Waals surface area contributed by atoms with Crippen LogP contribution in [0.3, 0.4) is 0 Å². The Kier molecular flexibility index (Phi) is 4.82. The van der Waals surface area contributed by atoms with Crippen molar-refractivity contribution < 1.29 is 9.32 Å². The highest BCUT2D eigenvalue weighted by atomic mass is 16.5. The number of rotatable bonds is 4. The lowest BCUT2D eigenvalue weighted by Crippen LogP contribution is -2.40. The number of likely N-dealkylation sites (tertiary alicyclic amines) is 1. The quantitative estimate of drug-likeness (QED) is 0.845. The first-order valence-electron chi connectivity index (χ1n) is 8.39. The molecule has 3 rings (SSSR count). The first-order valence-corrected chi connectivity index (χ1v) is 8.39.